The van der Waals surface area contributed by atoms with Crippen LogP contribution in [-0.2, 0) is 32.0 Å². The fraction of sp³-hybridized carbons (Fsp3) is 0.400. The maximum Gasteiger partial charge on any atom is 0.306 e. The van der Waals surface area contributed by atoms with Gasteiger partial charge >= 0.3 is 11.9 Å². The molecule has 0 amide bonds. The minimum absolute atomic E-state index is 0.220. The summed E-state index contributed by atoms with van der Waals surface area (Å²) in [6, 6.07) is 7.71. The lowest BCUT2D eigenvalue weighted by Gasteiger charge is -2.19. The van der Waals surface area contributed by atoms with Crippen molar-refractivity contribution in [2.75, 3.05) is 12.4 Å². The number of aryl methyl sites for hydroxylation is 2. The number of ether oxygens (including phenoxy) is 2. The summed E-state index contributed by atoms with van der Waals surface area (Å²) in [4.78, 5) is 32.2. The van der Waals surface area contributed by atoms with Gasteiger partial charge in [0.25, 0.3) is 0 Å². The van der Waals surface area contributed by atoms with Gasteiger partial charge in [-0.05, 0) is 51.3 Å². The predicted octanol–water partition coefficient (Wildman–Crippen LogP) is 3.38. The summed E-state index contributed by atoms with van der Waals surface area (Å²) in [5.41, 5.74) is 3.12. The quantitative estimate of drug-likeness (QED) is 0.318. The third-order valence-electron chi connectivity index (χ3n) is 5.30. The highest BCUT2D eigenvalue weighted by Crippen LogP contribution is 2.19. The number of hydrogen-bond acceptors (Lipinski definition) is 10. The molecule has 1 N–H and O–H groups in total. The van der Waals surface area contributed by atoms with Crippen LogP contribution in [-0.4, -0.2) is 59.4 Å². The number of anilines is 2. The number of carbonyl (C=O) groups excluding carboxylic acids is 2. The molecule has 0 saturated carbocycles. The van der Waals surface area contributed by atoms with Gasteiger partial charge in [0.1, 0.15) is 5.60 Å². The molecular formula is C25H30N8O4. The van der Waals surface area contributed by atoms with Crippen molar-refractivity contribution in [3.63, 3.8) is 0 Å². The number of esters is 2. The van der Waals surface area contributed by atoms with Gasteiger partial charge in [-0.25, -0.2) is 4.98 Å². The first-order valence-corrected chi connectivity index (χ1v) is 12.0. The lowest BCUT2D eigenvalue weighted by atomic mass is 10.1. The number of hydrogen-bond donors (Lipinski definition) is 1. The van der Waals surface area contributed by atoms with Crippen molar-refractivity contribution in [2.45, 2.75) is 58.6 Å². The van der Waals surface area contributed by atoms with Crippen LogP contribution in [0.2, 0.25) is 0 Å². The van der Waals surface area contributed by atoms with Crippen LogP contribution in [0.1, 0.15) is 45.6 Å². The number of aromatic nitrogens is 7. The lowest BCUT2D eigenvalue weighted by molar-refractivity contribution is -0.154. The molecule has 0 spiro atoms. The zero-order valence-corrected chi connectivity index (χ0v) is 21.3. The predicted molar refractivity (Wildman–Crippen MR) is 135 cm³/mol. The molecule has 4 aromatic rings. The first-order chi connectivity index (χ1) is 17.7. The summed E-state index contributed by atoms with van der Waals surface area (Å²) in [7, 11) is 1.38. The number of rotatable bonds is 10. The molecule has 0 atom stereocenters. The molecule has 37 heavy (non-hydrogen) atoms. The number of nitrogens with zero attached hydrogens (tertiary/aromatic N) is 7. The van der Waals surface area contributed by atoms with Gasteiger partial charge in [-0.2, -0.15) is 14.8 Å². The van der Waals surface area contributed by atoms with Crippen molar-refractivity contribution in [1.82, 2.24) is 34.7 Å². The van der Waals surface area contributed by atoms with Gasteiger partial charge in [0, 0.05) is 25.6 Å². The first-order valence-electron chi connectivity index (χ1n) is 12.0. The Morgan fingerprint density at radius 2 is 1.84 bits per heavy atom. The molecule has 194 valence electrons. The standard InChI is InChI=1S/C25H30N8O4/c1-25(2,3)37-22(35)12-9-17-7-10-19(11-8-17)33-23-20(30-31-33)15-26-24(29-23)28-18-14-27-32(16-18)13-5-6-21(34)36-4/h7-8,10-11,14-16H,5-6,9,12-13H2,1-4H3,(H,26,28,29). The highest BCUT2D eigenvalue weighted by Gasteiger charge is 2.16. The molecule has 12 nitrogen and oxygen atoms in total. The van der Waals surface area contributed by atoms with Gasteiger partial charge in [-0.3, -0.25) is 14.3 Å². The van der Waals surface area contributed by atoms with Crippen LogP contribution in [0.3, 0.4) is 0 Å². The molecule has 3 aromatic heterocycles. The summed E-state index contributed by atoms with van der Waals surface area (Å²) in [5.74, 6) is -0.0886. The van der Waals surface area contributed by atoms with E-state index in [9.17, 15) is 9.59 Å². The second-order valence-corrected chi connectivity index (χ2v) is 9.45. The van der Waals surface area contributed by atoms with E-state index in [0.717, 1.165) is 11.3 Å². The first kappa shape index (κ1) is 25.7. The van der Waals surface area contributed by atoms with Gasteiger partial charge in [0.15, 0.2) is 11.2 Å². The molecule has 12 heteroatoms. The highest BCUT2D eigenvalue weighted by molar-refractivity contribution is 5.73. The smallest absolute Gasteiger partial charge is 0.306 e. The van der Waals surface area contributed by atoms with Gasteiger partial charge in [-0.1, -0.05) is 17.3 Å². The monoisotopic (exact) mass is 506 g/mol. The van der Waals surface area contributed by atoms with Crippen molar-refractivity contribution < 1.29 is 19.1 Å². The van der Waals surface area contributed by atoms with Crippen LogP contribution in [0, 0.1) is 0 Å². The van der Waals surface area contributed by atoms with E-state index in [-0.39, 0.29) is 11.9 Å². The third kappa shape index (κ3) is 7.09. The SMILES string of the molecule is COC(=O)CCCn1cc(Nc2ncc3nnn(-c4ccc(CCC(=O)OC(C)(C)C)cc4)c3n2)cn1. The fourth-order valence-electron chi connectivity index (χ4n) is 3.57. The van der Waals surface area contributed by atoms with E-state index in [0.29, 0.717) is 55.0 Å². The summed E-state index contributed by atoms with van der Waals surface area (Å²) in [5, 5.41) is 15.8. The molecule has 0 unspecified atom stereocenters. The third-order valence-corrected chi connectivity index (χ3v) is 5.30. The minimum Gasteiger partial charge on any atom is -0.469 e. The second-order valence-electron chi connectivity index (χ2n) is 9.45. The van der Waals surface area contributed by atoms with Crippen LogP contribution in [0.15, 0.2) is 42.9 Å². The normalized spacial score (nSPS) is 11.5. The van der Waals surface area contributed by atoms with Crippen LogP contribution in [0.4, 0.5) is 11.6 Å². The van der Waals surface area contributed by atoms with Crippen molar-refractivity contribution >= 4 is 34.7 Å². The number of benzene rings is 1. The van der Waals surface area contributed by atoms with Crippen LogP contribution in [0.25, 0.3) is 16.9 Å². The molecule has 0 aliphatic heterocycles. The largest absolute Gasteiger partial charge is 0.469 e. The Morgan fingerprint density at radius 3 is 2.57 bits per heavy atom. The number of nitrogens with one attached hydrogen (secondary N) is 1. The molecular weight excluding hydrogens is 476 g/mol. The van der Waals surface area contributed by atoms with Crippen LogP contribution >= 0.6 is 0 Å². The molecule has 1 aromatic carbocycles. The highest BCUT2D eigenvalue weighted by atomic mass is 16.6. The maximum atomic E-state index is 12.0. The summed E-state index contributed by atoms with van der Waals surface area (Å²) in [6.07, 6.45) is 6.94. The summed E-state index contributed by atoms with van der Waals surface area (Å²) >= 11 is 0. The molecule has 0 radical (unpaired) electrons. The van der Waals surface area contributed by atoms with Crippen molar-refractivity contribution in [3.05, 3.63) is 48.4 Å². The molecule has 0 fully saturated rings. The van der Waals surface area contributed by atoms with E-state index in [2.05, 4.69) is 35.4 Å². The Balaban J connectivity index is 1.41. The Kier molecular flexibility index (Phi) is 7.75. The molecule has 0 saturated heterocycles. The fourth-order valence-corrected chi connectivity index (χ4v) is 3.57. The average Bonchev–Trinajstić information content (AvgIpc) is 3.48. The molecule has 4 rings (SSSR count). The minimum atomic E-state index is -0.489. The Bertz CT molecular complexity index is 1370. The Hall–Kier alpha value is -4.35. The van der Waals surface area contributed by atoms with Crippen molar-refractivity contribution in [1.29, 1.82) is 0 Å². The number of methoxy groups -OCH3 is 1. The van der Waals surface area contributed by atoms with Gasteiger partial charge in [0.2, 0.25) is 5.95 Å². The molecule has 0 aliphatic carbocycles. The van der Waals surface area contributed by atoms with Crippen molar-refractivity contribution in [3.8, 4) is 5.69 Å². The van der Waals surface area contributed by atoms with E-state index >= 15 is 0 Å². The lowest BCUT2D eigenvalue weighted by Crippen LogP contribution is -2.24. The van der Waals surface area contributed by atoms with Gasteiger partial charge in [-0.15, -0.1) is 5.10 Å². The number of carbonyl (C=O) groups is 2. The van der Waals surface area contributed by atoms with E-state index in [1.165, 1.54) is 7.11 Å². The average molecular weight is 507 g/mol. The maximum absolute atomic E-state index is 12.0. The van der Waals surface area contributed by atoms with E-state index < -0.39 is 5.60 Å². The van der Waals surface area contributed by atoms with E-state index in [1.54, 1.807) is 21.8 Å². The molecule has 0 bridgehead atoms. The Morgan fingerprint density at radius 1 is 1.05 bits per heavy atom. The van der Waals surface area contributed by atoms with E-state index in [1.807, 2.05) is 51.2 Å². The molecule has 0 aliphatic rings. The Labute approximate surface area is 214 Å². The van der Waals surface area contributed by atoms with Crippen LogP contribution < -0.4 is 5.32 Å². The van der Waals surface area contributed by atoms with Crippen LogP contribution in [0.5, 0.6) is 0 Å². The zero-order valence-electron chi connectivity index (χ0n) is 21.3. The van der Waals surface area contributed by atoms with E-state index in [4.69, 9.17) is 4.74 Å². The summed E-state index contributed by atoms with van der Waals surface area (Å²) < 4.78 is 13.4. The summed E-state index contributed by atoms with van der Waals surface area (Å²) in [6.45, 7) is 6.15. The van der Waals surface area contributed by atoms with Gasteiger partial charge in [0.05, 0.1) is 30.9 Å². The number of fused-ring (bicyclic) bond motifs is 1. The zero-order chi connectivity index (χ0) is 26.4. The topological polar surface area (TPSA) is 139 Å². The second kappa shape index (κ2) is 11.1. The molecule has 3 heterocycles. The van der Waals surface area contributed by atoms with Gasteiger partial charge < -0.3 is 14.8 Å². The van der Waals surface area contributed by atoms with Crippen molar-refractivity contribution in [2.24, 2.45) is 0 Å².